The van der Waals surface area contributed by atoms with E-state index in [1.807, 2.05) is 38.1 Å². The van der Waals surface area contributed by atoms with Crippen molar-refractivity contribution in [1.82, 2.24) is 10.2 Å². The molecular formula is C23H28Cl2N2O3S. The average Bonchev–Trinajstić information content (AvgIpc) is 2.72. The van der Waals surface area contributed by atoms with Crippen molar-refractivity contribution in [2.24, 2.45) is 0 Å². The number of halogens is 2. The molecule has 0 aliphatic heterocycles. The van der Waals surface area contributed by atoms with Crippen molar-refractivity contribution in [1.29, 1.82) is 0 Å². The topological polar surface area (TPSA) is 58.6 Å². The Bertz CT molecular complexity index is 891. The molecule has 31 heavy (non-hydrogen) atoms. The second-order valence-electron chi connectivity index (χ2n) is 7.44. The van der Waals surface area contributed by atoms with Crippen LogP contribution in [0.1, 0.15) is 31.9 Å². The van der Waals surface area contributed by atoms with Crippen LogP contribution in [-0.4, -0.2) is 41.7 Å². The molecule has 0 saturated heterocycles. The van der Waals surface area contributed by atoms with E-state index in [0.717, 1.165) is 16.9 Å². The minimum Gasteiger partial charge on any atom is -0.497 e. The summed E-state index contributed by atoms with van der Waals surface area (Å²) in [5, 5.41) is 3.86. The summed E-state index contributed by atoms with van der Waals surface area (Å²) >= 11 is 13.8. The fourth-order valence-corrected chi connectivity index (χ4v) is 4.22. The number of hydrogen-bond donors (Lipinski definition) is 1. The van der Waals surface area contributed by atoms with Gasteiger partial charge >= 0.3 is 0 Å². The van der Waals surface area contributed by atoms with Gasteiger partial charge < -0.3 is 15.0 Å². The molecule has 0 fully saturated rings. The minimum atomic E-state index is -0.636. The molecule has 1 atom stereocenters. The van der Waals surface area contributed by atoms with Crippen LogP contribution in [0, 0.1) is 0 Å². The SMILES string of the molecule is COc1ccc(CSCC(=O)N(Cc2ccc(Cl)cc2Cl)C(C)C(=O)NC(C)C)cc1. The smallest absolute Gasteiger partial charge is 0.242 e. The van der Waals surface area contributed by atoms with Gasteiger partial charge in [-0.25, -0.2) is 0 Å². The summed E-state index contributed by atoms with van der Waals surface area (Å²) in [6.45, 7) is 5.73. The zero-order chi connectivity index (χ0) is 23.0. The van der Waals surface area contributed by atoms with Crippen molar-refractivity contribution in [2.75, 3.05) is 12.9 Å². The van der Waals surface area contributed by atoms with Gasteiger partial charge in [0.15, 0.2) is 0 Å². The summed E-state index contributed by atoms with van der Waals surface area (Å²) in [4.78, 5) is 27.3. The number of nitrogens with zero attached hydrogens (tertiary/aromatic N) is 1. The van der Waals surface area contributed by atoms with E-state index in [0.29, 0.717) is 15.8 Å². The summed E-state index contributed by atoms with van der Waals surface area (Å²) in [6, 6.07) is 12.2. The van der Waals surface area contributed by atoms with Crippen LogP contribution in [0.5, 0.6) is 5.75 Å². The second kappa shape index (κ2) is 12.2. The van der Waals surface area contributed by atoms with Crippen LogP contribution in [0.4, 0.5) is 0 Å². The van der Waals surface area contributed by atoms with Crippen molar-refractivity contribution in [2.45, 2.75) is 45.2 Å². The Labute approximate surface area is 198 Å². The molecule has 8 heteroatoms. The van der Waals surface area contributed by atoms with Gasteiger partial charge in [0.25, 0.3) is 0 Å². The van der Waals surface area contributed by atoms with E-state index in [1.54, 1.807) is 37.1 Å². The Morgan fingerprint density at radius 3 is 2.35 bits per heavy atom. The molecule has 2 amide bonds. The number of ether oxygens (including phenoxy) is 1. The molecule has 0 radical (unpaired) electrons. The van der Waals surface area contributed by atoms with Gasteiger partial charge in [-0.05, 0) is 56.2 Å². The van der Waals surface area contributed by atoms with E-state index in [4.69, 9.17) is 27.9 Å². The molecular weight excluding hydrogens is 455 g/mol. The van der Waals surface area contributed by atoms with Crippen LogP contribution >= 0.6 is 35.0 Å². The summed E-state index contributed by atoms with van der Waals surface area (Å²) < 4.78 is 5.17. The Balaban J connectivity index is 2.09. The Morgan fingerprint density at radius 1 is 1.10 bits per heavy atom. The number of carbonyl (C=O) groups excluding carboxylic acids is 2. The van der Waals surface area contributed by atoms with Gasteiger partial charge in [0, 0.05) is 28.4 Å². The quantitative estimate of drug-likeness (QED) is 0.506. The van der Waals surface area contributed by atoms with Crippen LogP contribution in [0.2, 0.25) is 10.0 Å². The van der Waals surface area contributed by atoms with Gasteiger partial charge in [-0.15, -0.1) is 11.8 Å². The first-order valence-electron chi connectivity index (χ1n) is 9.95. The van der Waals surface area contributed by atoms with E-state index in [9.17, 15) is 9.59 Å². The van der Waals surface area contributed by atoms with Crippen LogP contribution in [0.15, 0.2) is 42.5 Å². The lowest BCUT2D eigenvalue weighted by Gasteiger charge is -2.29. The van der Waals surface area contributed by atoms with Crippen LogP contribution in [0.25, 0.3) is 0 Å². The summed E-state index contributed by atoms with van der Waals surface area (Å²) in [5.41, 5.74) is 1.83. The molecule has 1 unspecified atom stereocenters. The largest absolute Gasteiger partial charge is 0.497 e. The highest BCUT2D eigenvalue weighted by Gasteiger charge is 2.27. The Hall–Kier alpha value is -1.89. The monoisotopic (exact) mass is 482 g/mol. The molecule has 0 saturated carbocycles. The maximum atomic E-state index is 13.1. The standard InChI is InChI=1S/C23H28Cl2N2O3S/c1-15(2)26-23(29)16(3)27(12-18-7-8-19(24)11-21(18)25)22(28)14-31-13-17-5-9-20(30-4)10-6-17/h5-11,15-16H,12-14H2,1-4H3,(H,26,29). The van der Waals surface area contributed by atoms with Gasteiger partial charge in [-0.3, -0.25) is 9.59 Å². The van der Waals surface area contributed by atoms with Crippen molar-refractivity contribution >= 4 is 46.8 Å². The first-order valence-corrected chi connectivity index (χ1v) is 11.9. The van der Waals surface area contributed by atoms with E-state index in [-0.39, 0.29) is 30.2 Å². The Kier molecular flexibility index (Phi) is 10.0. The highest BCUT2D eigenvalue weighted by Crippen LogP contribution is 2.24. The number of carbonyl (C=O) groups is 2. The minimum absolute atomic E-state index is 0.0181. The van der Waals surface area contributed by atoms with E-state index in [1.165, 1.54) is 11.8 Å². The predicted octanol–water partition coefficient (Wildman–Crippen LogP) is 5.18. The number of rotatable bonds is 10. The lowest BCUT2D eigenvalue weighted by Crippen LogP contribution is -2.49. The van der Waals surface area contributed by atoms with Crippen LogP contribution < -0.4 is 10.1 Å². The molecule has 2 aromatic carbocycles. The number of nitrogens with one attached hydrogen (secondary N) is 1. The maximum Gasteiger partial charge on any atom is 0.242 e. The molecule has 2 aromatic rings. The zero-order valence-corrected chi connectivity index (χ0v) is 20.5. The Morgan fingerprint density at radius 2 is 1.77 bits per heavy atom. The molecule has 0 spiro atoms. The molecule has 0 aromatic heterocycles. The van der Waals surface area contributed by atoms with Crippen LogP contribution in [-0.2, 0) is 21.9 Å². The molecule has 0 aliphatic carbocycles. The highest BCUT2D eigenvalue weighted by molar-refractivity contribution is 7.99. The van der Waals surface area contributed by atoms with E-state index < -0.39 is 6.04 Å². The van der Waals surface area contributed by atoms with Gasteiger partial charge in [0.05, 0.1) is 12.9 Å². The van der Waals surface area contributed by atoms with Gasteiger partial charge in [-0.1, -0.05) is 41.4 Å². The summed E-state index contributed by atoms with van der Waals surface area (Å²) in [7, 11) is 1.63. The molecule has 5 nitrogen and oxygen atoms in total. The van der Waals surface area contributed by atoms with Crippen molar-refractivity contribution in [3.63, 3.8) is 0 Å². The third kappa shape index (κ3) is 7.95. The number of benzene rings is 2. The predicted molar refractivity (Wildman–Crippen MR) is 129 cm³/mol. The van der Waals surface area contributed by atoms with Gasteiger partial charge in [-0.2, -0.15) is 0 Å². The molecule has 0 aliphatic rings. The second-order valence-corrected chi connectivity index (χ2v) is 9.27. The van der Waals surface area contributed by atoms with Gasteiger partial charge in [0.1, 0.15) is 11.8 Å². The number of thioether (sulfide) groups is 1. The third-order valence-corrected chi connectivity index (χ3v) is 6.18. The van der Waals surface area contributed by atoms with Crippen molar-refractivity contribution in [3.05, 3.63) is 63.6 Å². The number of hydrogen-bond acceptors (Lipinski definition) is 4. The normalized spacial score (nSPS) is 11.8. The highest BCUT2D eigenvalue weighted by atomic mass is 35.5. The molecule has 1 N–H and O–H groups in total. The third-order valence-electron chi connectivity index (χ3n) is 4.61. The first kappa shape index (κ1) is 25.4. The lowest BCUT2D eigenvalue weighted by atomic mass is 10.1. The molecule has 0 bridgehead atoms. The van der Waals surface area contributed by atoms with Gasteiger partial charge in [0.2, 0.25) is 11.8 Å². The molecule has 2 rings (SSSR count). The maximum absolute atomic E-state index is 13.1. The van der Waals surface area contributed by atoms with E-state index >= 15 is 0 Å². The lowest BCUT2D eigenvalue weighted by molar-refractivity contribution is -0.138. The molecule has 168 valence electrons. The summed E-state index contributed by atoms with van der Waals surface area (Å²) in [5.74, 6) is 1.39. The fraction of sp³-hybridized carbons (Fsp3) is 0.391. The zero-order valence-electron chi connectivity index (χ0n) is 18.2. The average molecular weight is 483 g/mol. The number of methoxy groups -OCH3 is 1. The van der Waals surface area contributed by atoms with Crippen LogP contribution in [0.3, 0.4) is 0 Å². The van der Waals surface area contributed by atoms with E-state index in [2.05, 4.69) is 5.32 Å². The number of amides is 2. The summed E-state index contributed by atoms with van der Waals surface area (Å²) in [6.07, 6.45) is 0. The first-order chi connectivity index (χ1) is 14.7. The fourth-order valence-electron chi connectivity index (χ4n) is 2.88. The van der Waals surface area contributed by atoms with Crippen molar-refractivity contribution in [3.8, 4) is 5.75 Å². The molecule has 0 heterocycles. The van der Waals surface area contributed by atoms with Crippen molar-refractivity contribution < 1.29 is 14.3 Å².